The van der Waals surface area contributed by atoms with E-state index in [4.69, 9.17) is 30.0 Å². The summed E-state index contributed by atoms with van der Waals surface area (Å²) in [5.74, 6) is -4.29. The van der Waals surface area contributed by atoms with Crippen LogP contribution >= 0.6 is 0 Å². The topological polar surface area (TPSA) is 149 Å². The van der Waals surface area contributed by atoms with Crippen molar-refractivity contribution in [3.63, 3.8) is 0 Å². The molecule has 0 aromatic rings. The van der Waals surface area contributed by atoms with Crippen LogP contribution in [0.2, 0.25) is 0 Å². The van der Waals surface area contributed by atoms with Crippen molar-refractivity contribution in [2.75, 3.05) is 0 Å². The number of hydrogen-bond donors (Lipinski definition) is 4. The second kappa shape index (κ2) is 11.9. The molecule has 4 N–H and O–H groups in total. The van der Waals surface area contributed by atoms with Gasteiger partial charge in [0.2, 0.25) is 0 Å². The molecule has 8 heteroatoms. The van der Waals surface area contributed by atoms with Crippen molar-refractivity contribution in [2.45, 2.75) is 20.3 Å². The second-order valence-electron chi connectivity index (χ2n) is 2.00. The van der Waals surface area contributed by atoms with Crippen LogP contribution in [0.3, 0.4) is 0 Å². The highest BCUT2D eigenvalue weighted by Crippen LogP contribution is 1.74. The first kappa shape index (κ1) is 18.6. The van der Waals surface area contributed by atoms with E-state index < -0.39 is 30.3 Å². The third-order valence-electron chi connectivity index (χ3n) is 0.302. The lowest BCUT2D eigenvalue weighted by Gasteiger charge is -1.80. The van der Waals surface area contributed by atoms with Crippen LogP contribution in [0.4, 0.5) is 0 Å². The SMILES string of the molecule is CC(=O)O.CC(=O)O.O=C(O)CC(=O)O. The Bertz CT molecular complexity index is 199. The summed E-state index contributed by atoms with van der Waals surface area (Å²) in [6, 6.07) is 0. The molecule has 0 spiro atoms. The molecular formula is C7H12O8. The minimum Gasteiger partial charge on any atom is -0.481 e. The van der Waals surface area contributed by atoms with Crippen LogP contribution in [0.15, 0.2) is 0 Å². The quantitative estimate of drug-likeness (QED) is 0.468. The largest absolute Gasteiger partial charge is 0.481 e. The molecule has 0 amide bonds. The van der Waals surface area contributed by atoms with Crippen LogP contribution < -0.4 is 0 Å². The fraction of sp³-hybridized carbons (Fsp3) is 0.429. The van der Waals surface area contributed by atoms with E-state index in [-0.39, 0.29) is 0 Å². The Kier molecular flexibility index (Phi) is 14.7. The molecule has 0 bridgehead atoms. The monoisotopic (exact) mass is 224 g/mol. The normalized spacial score (nSPS) is 7.07. The van der Waals surface area contributed by atoms with Crippen LogP contribution in [0.1, 0.15) is 20.3 Å². The highest BCUT2D eigenvalue weighted by molar-refractivity contribution is 5.88. The number of aliphatic carboxylic acids is 4. The highest BCUT2D eigenvalue weighted by Gasteiger charge is 2.01. The molecule has 0 aliphatic heterocycles. The first-order chi connectivity index (χ1) is 6.59. The molecule has 0 fully saturated rings. The van der Waals surface area contributed by atoms with Gasteiger partial charge in [-0.25, -0.2) is 0 Å². The molecule has 0 rings (SSSR count). The maximum atomic E-state index is 9.43. The first-order valence-corrected chi connectivity index (χ1v) is 3.42. The standard InChI is InChI=1S/C3H4O4.2C2H4O2/c4-2(5)1-3(6)7;2*1-2(3)4/h1H2,(H,4,5)(H,6,7);2*1H3,(H,3,4). The zero-order chi connectivity index (χ0) is 13.0. The third-order valence-corrected chi connectivity index (χ3v) is 0.302. The fourth-order valence-corrected chi connectivity index (χ4v) is 0.129. The lowest BCUT2D eigenvalue weighted by atomic mass is 10.5. The van der Waals surface area contributed by atoms with Gasteiger partial charge in [0.05, 0.1) is 0 Å². The van der Waals surface area contributed by atoms with Crippen LogP contribution in [0.25, 0.3) is 0 Å². The van der Waals surface area contributed by atoms with Crippen molar-refractivity contribution in [1.82, 2.24) is 0 Å². The molecule has 0 aromatic heterocycles. The maximum absolute atomic E-state index is 9.43. The molecule has 0 unspecified atom stereocenters. The molecule has 15 heavy (non-hydrogen) atoms. The molecule has 8 nitrogen and oxygen atoms in total. The van der Waals surface area contributed by atoms with Gasteiger partial charge < -0.3 is 20.4 Å². The summed E-state index contributed by atoms with van der Waals surface area (Å²) in [4.78, 5) is 36.9. The van der Waals surface area contributed by atoms with Gasteiger partial charge in [-0.3, -0.25) is 19.2 Å². The van der Waals surface area contributed by atoms with Crippen molar-refractivity contribution in [3.05, 3.63) is 0 Å². The number of hydrogen-bond acceptors (Lipinski definition) is 4. The van der Waals surface area contributed by atoms with Gasteiger partial charge in [0.1, 0.15) is 6.42 Å². The van der Waals surface area contributed by atoms with E-state index in [1.54, 1.807) is 0 Å². The molecule has 0 saturated carbocycles. The summed E-state index contributed by atoms with van der Waals surface area (Å²) < 4.78 is 0. The number of rotatable bonds is 2. The lowest BCUT2D eigenvalue weighted by Crippen LogP contribution is -2.03. The zero-order valence-corrected chi connectivity index (χ0v) is 8.13. The molecule has 0 saturated heterocycles. The summed E-state index contributed by atoms with van der Waals surface area (Å²) in [6.45, 7) is 2.17. The van der Waals surface area contributed by atoms with Crippen molar-refractivity contribution in [2.24, 2.45) is 0 Å². The van der Waals surface area contributed by atoms with Crippen molar-refractivity contribution < 1.29 is 39.6 Å². The van der Waals surface area contributed by atoms with Gasteiger partial charge >= 0.3 is 11.9 Å². The predicted octanol–water partition coefficient (Wildman–Crippen LogP) is -0.273. The Labute approximate surface area is 84.8 Å². The van der Waals surface area contributed by atoms with Gasteiger partial charge in [-0.1, -0.05) is 0 Å². The number of carbonyl (C=O) groups is 4. The van der Waals surface area contributed by atoms with Crippen LogP contribution in [-0.2, 0) is 19.2 Å². The van der Waals surface area contributed by atoms with Crippen molar-refractivity contribution in [3.8, 4) is 0 Å². The number of carboxylic acid groups (broad SMARTS) is 4. The van der Waals surface area contributed by atoms with E-state index >= 15 is 0 Å². The van der Waals surface area contributed by atoms with Gasteiger partial charge in [-0.2, -0.15) is 0 Å². The average molecular weight is 224 g/mol. The molecule has 0 aliphatic rings. The Morgan fingerprint density at radius 2 is 0.867 bits per heavy atom. The Morgan fingerprint density at radius 1 is 0.733 bits per heavy atom. The van der Waals surface area contributed by atoms with Crippen LogP contribution in [-0.4, -0.2) is 44.3 Å². The lowest BCUT2D eigenvalue weighted by molar-refractivity contribution is -0.147. The van der Waals surface area contributed by atoms with E-state index in [1.807, 2.05) is 0 Å². The van der Waals surface area contributed by atoms with Gasteiger partial charge in [-0.15, -0.1) is 0 Å². The molecular weight excluding hydrogens is 212 g/mol. The summed E-state index contributed by atoms with van der Waals surface area (Å²) in [5.41, 5.74) is 0. The third kappa shape index (κ3) is 328. The minimum atomic E-state index is -1.31. The van der Waals surface area contributed by atoms with Crippen molar-refractivity contribution >= 4 is 23.9 Å². The summed E-state index contributed by atoms with van der Waals surface area (Å²) in [7, 11) is 0. The smallest absolute Gasteiger partial charge is 0.314 e. The Morgan fingerprint density at radius 3 is 0.867 bits per heavy atom. The van der Waals surface area contributed by atoms with Crippen LogP contribution in [0, 0.1) is 0 Å². The maximum Gasteiger partial charge on any atom is 0.314 e. The second-order valence-corrected chi connectivity index (χ2v) is 2.00. The van der Waals surface area contributed by atoms with Gasteiger partial charge in [0, 0.05) is 13.8 Å². The minimum absolute atomic E-state index is 0.806. The van der Waals surface area contributed by atoms with Gasteiger partial charge in [-0.05, 0) is 0 Å². The molecule has 0 heterocycles. The first-order valence-electron chi connectivity index (χ1n) is 3.42. The summed E-state index contributed by atoms with van der Waals surface area (Å²) in [6.07, 6.45) is -0.806. The summed E-state index contributed by atoms with van der Waals surface area (Å²) in [5, 5.41) is 30.2. The van der Waals surface area contributed by atoms with Crippen molar-refractivity contribution in [1.29, 1.82) is 0 Å². The molecule has 88 valence electrons. The molecule has 0 radical (unpaired) electrons. The van der Waals surface area contributed by atoms with E-state index in [2.05, 4.69) is 0 Å². The van der Waals surface area contributed by atoms with E-state index in [1.165, 1.54) is 0 Å². The van der Waals surface area contributed by atoms with E-state index in [0.29, 0.717) is 0 Å². The van der Waals surface area contributed by atoms with E-state index in [9.17, 15) is 9.59 Å². The van der Waals surface area contributed by atoms with Gasteiger partial charge in [0.15, 0.2) is 0 Å². The molecule has 0 aliphatic carbocycles. The Balaban J connectivity index is -0.000000155. The Hall–Kier alpha value is -2.12. The zero-order valence-electron chi connectivity index (χ0n) is 8.13. The van der Waals surface area contributed by atoms with E-state index in [0.717, 1.165) is 13.8 Å². The predicted molar refractivity (Wildman–Crippen MR) is 46.5 cm³/mol. The average Bonchev–Trinajstić information content (AvgIpc) is 1.78. The van der Waals surface area contributed by atoms with Crippen LogP contribution in [0.5, 0.6) is 0 Å². The van der Waals surface area contributed by atoms with Gasteiger partial charge in [0.25, 0.3) is 11.9 Å². The highest BCUT2D eigenvalue weighted by atomic mass is 16.4. The molecule has 0 atom stereocenters. The number of carboxylic acids is 4. The molecule has 0 aromatic carbocycles. The fourth-order valence-electron chi connectivity index (χ4n) is 0.129. The summed E-state index contributed by atoms with van der Waals surface area (Å²) >= 11 is 0.